The largest absolute Gasteiger partial charge is 0.383 e. The van der Waals surface area contributed by atoms with Gasteiger partial charge in [-0.05, 0) is 31.5 Å². The highest BCUT2D eigenvalue weighted by molar-refractivity contribution is 7.99. The Morgan fingerprint density at radius 1 is 1.21 bits per heavy atom. The van der Waals surface area contributed by atoms with E-state index >= 15 is 0 Å². The van der Waals surface area contributed by atoms with Crippen LogP contribution in [0.3, 0.4) is 0 Å². The molecule has 0 spiro atoms. The predicted octanol–water partition coefficient (Wildman–Crippen LogP) is 4.11. The van der Waals surface area contributed by atoms with Crippen LogP contribution in [-0.4, -0.2) is 51.7 Å². The summed E-state index contributed by atoms with van der Waals surface area (Å²) in [5, 5.41) is 13.1. The van der Waals surface area contributed by atoms with Crippen LogP contribution in [0.1, 0.15) is 24.0 Å². The summed E-state index contributed by atoms with van der Waals surface area (Å²) < 4.78 is 21.3. The predicted molar refractivity (Wildman–Crippen MR) is 128 cm³/mol. The number of benzene rings is 2. The summed E-state index contributed by atoms with van der Waals surface area (Å²) >= 11 is 1.46. The summed E-state index contributed by atoms with van der Waals surface area (Å²) in [6.45, 7) is 3.38. The molecule has 0 bridgehead atoms. The lowest BCUT2D eigenvalue weighted by Gasteiger charge is -2.08. The number of rotatable bonds is 10. The summed E-state index contributed by atoms with van der Waals surface area (Å²) in [4.78, 5) is 16.6. The smallest absolute Gasteiger partial charge is 0.220 e. The number of hydrogen-bond donors (Lipinski definition) is 1. The molecular weight excluding hydrogens is 441 g/mol. The van der Waals surface area contributed by atoms with Crippen molar-refractivity contribution in [2.24, 2.45) is 0 Å². The molecule has 2 aromatic carbocycles. The highest BCUT2D eigenvalue weighted by atomic mass is 32.2. The molecule has 2 aromatic heterocycles. The quantitative estimate of drug-likeness (QED) is 0.279. The van der Waals surface area contributed by atoms with Crippen molar-refractivity contribution in [1.29, 1.82) is 0 Å². The second-order valence-corrected chi connectivity index (χ2v) is 8.82. The maximum Gasteiger partial charge on any atom is 0.220 e. The SMILES string of the molecule is COCCNC(=O)CCCSc1nnc2c3cc(C)ccc3n(Cc3ccccc3F)c2n1. The zero-order valence-electron chi connectivity index (χ0n) is 18.7. The number of aromatic nitrogens is 4. The Morgan fingerprint density at radius 3 is 2.88 bits per heavy atom. The number of thioether (sulfide) groups is 1. The van der Waals surface area contributed by atoms with Crippen molar-refractivity contribution in [1.82, 2.24) is 25.1 Å². The molecule has 33 heavy (non-hydrogen) atoms. The van der Waals surface area contributed by atoms with Gasteiger partial charge in [-0.2, -0.15) is 0 Å². The summed E-state index contributed by atoms with van der Waals surface area (Å²) in [5.41, 5.74) is 4.01. The van der Waals surface area contributed by atoms with Crippen molar-refractivity contribution >= 4 is 39.7 Å². The van der Waals surface area contributed by atoms with Crippen LogP contribution in [0.5, 0.6) is 0 Å². The molecule has 0 saturated carbocycles. The minimum Gasteiger partial charge on any atom is -0.383 e. The highest BCUT2D eigenvalue weighted by Crippen LogP contribution is 2.29. The van der Waals surface area contributed by atoms with Crippen LogP contribution in [0.25, 0.3) is 22.1 Å². The van der Waals surface area contributed by atoms with E-state index in [9.17, 15) is 9.18 Å². The molecule has 172 valence electrons. The second-order valence-electron chi connectivity index (χ2n) is 7.76. The maximum atomic E-state index is 14.4. The van der Waals surface area contributed by atoms with Crippen LogP contribution in [0.2, 0.25) is 0 Å². The van der Waals surface area contributed by atoms with E-state index in [0.717, 1.165) is 16.5 Å². The average molecular weight is 468 g/mol. The van der Waals surface area contributed by atoms with Gasteiger partial charge in [0.15, 0.2) is 5.65 Å². The summed E-state index contributed by atoms with van der Waals surface area (Å²) in [5.74, 6) is 0.444. The Bertz CT molecular complexity index is 1280. The number of nitrogens with zero attached hydrogens (tertiary/aromatic N) is 4. The van der Waals surface area contributed by atoms with Crippen molar-refractivity contribution in [2.45, 2.75) is 31.5 Å². The molecule has 0 fully saturated rings. The van der Waals surface area contributed by atoms with Gasteiger partial charge in [0, 0.05) is 36.8 Å². The maximum absolute atomic E-state index is 14.4. The van der Waals surface area contributed by atoms with Crippen LogP contribution >= 0.6 is 11.8 Å². The summed E-state index contributed by atoms with van der Waals surface area (Å²) in [6.07, 6.45) is 1.13. The minimum atomic E-state index is -0.250. The van der Waals surface area contributed by atoms with Crippen LogP contribution in [0, 0.1) is 12.7 Å². The van der Waals surface area contributed by atoms with Crippen LogP contribution in [0.4, 0.5) is 4.39 Å². The van der Waals surface area contributed by atoms with Gasteiger partial charge in [0.25, 0.3) is 0 Å². The van der Waals surface area contributed by atoms with Crippen molar-refractivity contribution in [3.05, 3.63) is 59.4 Å². The molecule has 9 heteroatoms. The molecule has 0 saturated heterocycles. The van der Waals surface area contributed by atoms with Gasteiger partial charge < -0.3 is 14.6 Å². The normalized spacial score (nSPS) is 11.4. The molecule has 0 aliphatic rings. The van der Waals surface area contributed by atoms with Gasteiger partial charge in [-0.3, -0.25) is 4.79 Å². The standard InChI is InChI=1S/C24H26FN5O2S/c1-16-9-10-20-18(14-16)22-23(30(20)15-17-6-3-4-7-19(17)25)27-24(29-28-22)33-13-5-8-21(31)26-11-12-32-2/h3-4,6-7,9-10,14H,5,8,11-13,15H2,1-2H3,(H,26,31). The third-order valence-electron chi connectivity index (χ3n) is 5.30. The first kappa shape index (κ1) is 23.1. The third-order valence-corrected chi connectivity index (χ3v) is 6.22. The van der Waals surface area contributed by atoms with Gasteiger partial charge >= 0.3 is 0 Å². The Balaban J connectivity index is 1.55. The topological polar surface area (TPSA) is 81.9 Å². The van der Waals surface area contributed by atoms with Gasteiger partial charge in [-0.25, -0.2) is 9.37 Å². The van der Waals surface area contributed by atoms with Gasteiger partial charge in [0.1, 0.15) is 11.3 Å². The van der Waals surface area contributed by atoms with Gasteiger partial charge in [-0.1, -0.05) is 41.6 Å². The number of hydrogen-bond acceptors (Lipinski definition) is 6. The number of ether oxygens (including phenoxy) is 1. The molecule has 0 atom stereocenters. The number of halogens is 1. The molecule has 4 aromatic rings. The van der Waals surface area contributed by atoms with Crippen LogP contribution in [0.15, 0.2) is 47.6 Å². The van der Waals surface area contributed by atoms with Gasteiger partial charge in [0.05, 0.1) is 18.7 Å². The third kappa shape index (κ3) is 5.48. The number of nitrogens with one attached hydrogen (secondary N) is 1. The fourth-order valence-corrected chi connectivity index (χ4v) is 4.37. The van der Waals surface area contributed by atoms with E-state index in [0.29, 0.717) is 60.2 Å². The Hall–Kier alpha value is -3.04. The zero-order chi connectivity index (χ0) is 23.2. The van der Waals surface area contributed by atoms with E-state index in [1.54, 1.807) is 19.2 Å². The monoisotopic (exact) mass is 467 g/mol. The number of carbonyl (C=O) groups excluding carboxylic acids is 1. The zero-order valence-corrected chi connectivity index (χ0v) is 19.5. The average Bonchev–Trinajstić information content (AvgIpc) is 3.10. The Kier molecular flexibility index (Phi) is 7.51. The van der Waals surface area contributed by atoms with E-state index in [1.165, 1.54) is 17.8 Å². The number of aryl methyl sites for hydroxylation is 1. The molecule has 2 heterocycles. The number of carbonyl (C=O) groups is 1. The number of amides is 1. The van der Waals surface area contributed by atoms with Crippen LogP contribution in [-0.2, 0) is 16.1 Å². The van der Waals surface area contributed by atoms with Crippen molar-refractivity contribution in [3.63, 3.8) is 0 Å². The molecule has 0 unspecified atom stereocenters. The molecule has 0 aliphatic carbocycles. The van der Waals surface area contributed by atoms with E-state index in [4.69, 9.17) is 9.72 Å². The Morgan fingerprint density at radius 2 is 2.06 bits per heavy atom. The minimum absolute atomic E-state index is 0.00234. The fourth-order valence-electron chi connectivity index (χ4n) is 3.65. The first-order chi connectivity index (χ1) is 16.1. The van der Waals surface area contributed by atoms with Gasteiger partial charge in [-0.15, -0.1) is 10.2 Å². The van der Waals surface area contributed by atoms with Gasteiger partial charge in [0.2, 0.25) is 11.1 Å². The number of fused-ring (bicyclic) bond motifs is 3. The molecule has 1 N–H and O–H groups in total. The fraction of sp³-hybridized carbons (Fsp3) is 0.333. The second kappa shape index (κ2) is 10.7. The molecule has 7 nitrogen and oxygen atoms in total. The lowest BCUT2D eigenvalue weighted by Crippen LogP contribution is -2.26. The van der Waals surface area contributed by atoms with Crippen molar-refractivity contribution in [2.75, 3.05) is 26.0 Å². The first-order valence-electron chi connectivity index (χ1n) is 10.8. The molecule has 0 aliphatic heterocycles. The highest BCUT2D eigenvalue weighted by Gasteiger charge is 2.16. The van der Waals surface area contributed by atoms with Crippen molar-refractivity contribution in [3.8, 4) is 0 Å². The van der Waals surface area contributed by atoms with E-state index < -0.39 is 0 Å². The molecule has 1 amide bonds. The first-order valence-corrected chi connectivity index (χ1v) is 11.8. The lowest BCUT2D eigenvalue weighted by molar-refractivity contribution is -0.121. The molecular formula is C24H26FN5O2S. The van der Waals surface area contributed by atoms with Crippen LogP contribution < -0.4 is 5.32 Å². The number of methoxy groups -OCH3 is 1. The Labute approximate surface area is 195 Å². The van der Waals surface area contributed by atoms with Crippen molar-refractivity contribution < 1.29 is 13.9 Å². The summed E-state index contributed by atoms with van der Waals surface area (Å²) in [6, 6.07) is 12.9. The summed E-state index contributed by atoms with van der Waals surface area (Å²) in [7, 11) is 1.60. The lowest BCUT2D eigenvalue weighted by atomic mass is 10.1. The molecule has 0 radical (unpaired) electrons. The van der Waals surface area contributed by atoms with E-state index in [-0.39, 0.29) is 11.7 Å². The van der Waals surface area contributed by atoms with E-state index in [2.05, 4.69) is 21.6 Å². The molecule has 4 rings (SSSR count). The van der Waals surface area contributed by atoms with E-state index in [1.807, 2.05) is 29.7 Å².